The zero-order valence-electron chi connectivity index (χ0n) is 11.2. The van der Waals surface area contributed by atoms with Crippen molar-refractivity contribution >= 4 is 29.2 Å². The van der Waals surface area contributed by atoms with Crippen LogP contribution < -0.4 is 0 Å². The van der Waals surface area contributed by atoms with Gasteiger partial charge in [-0.05, 0) is 25.0 Å². The number of carbonyl (C=O) groups is 2. The van der Waals surface area contributed by atoms with E-state index in [2.05, 4.69) is 4.74 Å². The lowest BCUT2D eigenvalue weighted by molar-refractivity contribution is -0.384. The normalized spacial score (nSPS) is 17.6. The van der Waals surface area contributed by atoms with Gasteiger partial charge in [-0.1, -0.05) is 11.6 Å². The molecule has 1 heterocycles. The van der Waals surface area contributed by atoms with Crippen molar-refractivity contribution in [3.8, 4) is 0 Å². The van der Waals surface area contributed by atoms with Crippen molar-refractivity contribution < 1.29 is 19.2 Å². The Kier molecular flexibility index (Phi) is 4.42. The van der Waals surface area contributed by atoms with Gasteiger partial charge in [-0.3, -0.25) is 14.9 Å². The van der Waals surface area contributed by atoms with Crippen molar-refractivity contribution in [2.24, 2.45) is 0 Å². The van der Waals surface area contributed by atoms with Gasteiger partial charge in [-0.2, -0.15) is 0 Å². The standard InChI is InChI=1S/C13H13ClN2O5/c1-21-13(18)10-3-2-6-15(10)12(17)8-4-5-9(14)11(7-8)16(19)20/h4-5,7,10H,2-3,6H2,1H3. The van der Waals surface area contributed by atoms with Gasteiger partial charge >= 0.3 is 5.97 Å². The molecule has 1 aromatic rings. The van der Waals surface area contributed by atoms with Gasteiger partial charge in [-0.15, -0.1) is 0 Å². The zero-order valence-corrected chi connectivity index (χ0v) is 12.0. The number of benzene rings is 1. The first-order valence-corrected chi connectivity index (χ1v) is 6.66. The fourth-order valence-electron chi connectivity index (χ4n) is 2.34. The number of nitrogens with zero attached hydrogens (tertiary/aromatic N) is 2. The van der Waals surface area contributed by atoms with Crippen molar-refractivity contribution in [3.05, 3.63) is 38.9 Å². The minimum absolute atomic E-state index is 0.0394. The molecule has 1 atom stereocenters. The highest BCUT2D eigenvalue weighted by atomic mass is 35.5. The average Bonchev–Trinajstić information content (AvgIpc) is 2.95. The summed E-state index contributed by atoms with van der Waals surface area (Å²) < 4.78 is 4.67. The lowest BCUT2D eigenvalue weighted by Crippen LogP contribution is -2.41. The SMILES string of the molecule is COC(=O)C1CCCN1C(=O)c1ccc(Cl)c([N+](=O)[O-])c1. The number of esters is 1. The predicted molar refractivity (Wildman–Crippen MR) is 74.2 cm³/mol. The number of hydrogen-bond donors (Lipinski definition) is 0. The second-order valence-corrected chi connectivity index (χ2v) is 5.01. The fraction of sp³-hybridized carbons (Fsp3) is 0.385. The molecule has 112 valence electrons. The van der Waals surface area contributed by atoms with Crippen LogP contribution in [0.15, 0.2) is 18.2 Å². The summed E-state index contributed by atoms with van der Waals surface area (Å²) in [7, 11) is 1.26. The van der Waals surface area contributed by atoms with E-state index < -0.39 is 22.8 Å². The van der Waals surface area contributed by atoms with E-state index in [1.165, 1.54) is 24.1 Å². The molecule has 1 saturated heterocycles. The second kappa shape index (κ2) is 6.09. The number of nitro groups is 1. The van der Waals surface area contributed by atoms with Gasteiger partial charge in [0, 0.05) is 18.2 Å². The molecule has 0 aromatic heterocycles. The topological polar surface area (TPSA) is 89.8 Å². The van der Waals surface area contributed by atoms with E-state index in [0.29, 0.717) is 19.4 Å². The monoisotopic (exact) mass is 312 g/mol. The van der Waals surface area contributed by atoms with Crippen LogP contribution in [0.25, 0.3) is 0 Å². The fourth-order valence-corrected chi connectivity index (χ4v) is 2.53. The van der Waals surface area contributed by atoms with Crippen molar-refractivity contribution in [1.82, 2.24) is 4.90 Å². The maximum atomic E-state index is 12.4. The number of likely N-dealkylation sites (tertiary alicyclic amines) is 1. The molecule has 2 rings (SSSR count). The van der Waals surface area contributed by atoms with E-state index in [4.69, 9.17) is 11.6 Å². The Morgan fingerprint density at radius 3 is 2.81 bits per heavy atom. The molecule has 0 spiro atoms. The largest absolute Gasteiger partial charge is 0.467 e. The Bertz CT molecular complexity index is 604. The van der Waals surface area contributed by atoms with E-state index in [1.807, 2.05) is 0 Å². The number of ether oxygens (including phenoxy) is 1. The summed E-state index contributed by atoms with van der Waals surface area (Å²) in [6, 6.07) is 3.19. The Morgan fingerprint density at radius 1 is 1.48 bits per heavy atom. The Hall–Kier alpha value is -2.15. The van der Waals surface area contributed by atoms with Gasteiger partial charge in [0.05, 0.1) is 12.0 Å². The van der Waals surface area contributed by atoms with Gasteiger partial charge < -0.3 is 9.64 Å². The first kappa shape index (κ1) is 15.2. The summed E-state index contributed by atoms with van der Waals surface area (Å²) in [5.41, 5.74) is -0.210. The van der Waals surface area contributed by atoms with Gasteiger partial charge in [0.2, 0.25) is 0 Å². The number of amides is 1. The maximum absolute atomic E-state index is 12.4. The van der Waals surface area contributed by atoms with Gasteiger partial charge in [-0.25, -0.2) is 4.79 Å². The maximum Gasteiger partial charge on any atom is 0.328 e. The van der Waals surface area contributed by atoms with Crippen LogP contribution in [0.1, 0.15) is 23.2 Å². The third-order valence-corrected chi connectivity index (χ3v) is 3.70. The van der Waals surface area contributed by atoms with E-state index in [-0.39, 0.29) is 16.3 Å². The Labute approximate surface area is 125 Å². The van der Waals surface area contributed by atoms with Crippen LogP contribution >= 0.6 is 11.6 Å². The van der Waals surface area contributed by atoms with Crippen molar-refractivity contribution in [2.45, 2.75) is 18.9 Å². The number of methoxy groups -OCH3 is 1. The summed E-state index contributed by atoms with van der Waals surface area (Å²) in [4.78, 5) is 35.6. The van der Waals surface area contributed by atoms with Crippen LogP contribution in [0.5, 0.6) is 0 Å². The van der Waals surface area contributed by atoms with E-state index in [1.54, 1.807) is 0 Å². The van der Waals surface area contributed by atoms with Crippen molar-refractivity contribution in [1.29, 1.82) is 0 Å². The van der Waals surface area contributed by atoms with E-state index >= 15 is 0 Å². The molecule has 7 nitrogen and oxygen atoms in total. The first-order valence-electron chi connectivity index (χ1n) is 6.28. The molecule has 1 amide bonds. The lowest BCUT2D eigenvalue weighted by Gasteiger charge is -2.22. The van der Waals surface area contributed by atoms with Gasteiger partial charge in [0.15, 0.2) is 0 Å². The highest BCUT2D eigenvalue weighted by Gasteiger charge is 2.35. The smallest absolute Gasteiger partial charge is 0.328 e. The lowest BCUT2D eigenvalue weighted by atomic mass is 10.1. The molecule has 1 fully saturated rings. The third kappa shape index (κ3) is 2.97. The highest BCUT2D eigenvalue weighted by molar-refractivity contribution is 6.32. The third-order valence-electron chi connectivity index (χ3n) is 3.38. The van der Waals surface area contributed by atoms with Crippen LogP contribution in [-0.2, 0) is 9.53 Å². The van der Waals surface area contributed by atoms with Gasteiger partial charge in [0.25, 0.3) is 11.6 Å². The summed E-state index contributed by atoms with van der Waals surface area (Å²) in [5, 5.41) is 10.8. The van der Waals surface area contributed by atoms with Crippen LogP contribution in [0.3, 0.4) is 0 Å². The minimum atomic E-state index is -0.652. The van der Waals surface area contributed by atoms with Gasteiger partial charge in [0.1, 0.15) is 11.1 Å². The molecule has 1 aliphatic rings. The molecule has 1 aromatic carbocycles. The Morgan fingerprint density at radius 2 is 2.19 bits per heavy atom. The molecular formula is C13H13ClN2O5. The average molecular weight is 313 g/mol. The van der Waals surface area contributed by atoms with Crippen LogP contribution in [0.4, 0.5) is 5.69 Å². The number of rotatable bonds is 3. The summed E-state index contributed by atoms with van der Waals surface area (Å²) >= 11 is 5.72. The number of nitro benzene ring substituents is 1. The molecular weight excluding hydrogens is 300 g/mol. The van der Waals surface area contributed by atoms with Crippen LogP contribution in [0, 0.1) is 10.1 Å². The molecule has 0 bridgehead atoms. The van der Waals surface area contributed by atoms with Crippen LogP contribution in [-0.4, -0.2) is 41.4 Å². The molecule has 8 heteroatoms. The zero-order chi connectivity index (χ0) is 15.6. The number of hydrogen-bond acceptors (Lipinski definition) is 5. The number of halogens is 1. The summed E-state index contributed by atoms with van der Waals surface area (Å²) in [6.07, 6.45) is 1.20. The molecule has 0 aliphatic carbocycles. The Balaban J connectivity index is 2.29. The molecule has 1 unspecified atom stereocenters. The second-order valence-electron chi connectivity index (χ2n) is 4.60. The summed E-state index contributed by atoms with van der Waals surface area (Å²) in [6.45, 7) is 0.412. The summed E-state index contributed by atoms with van der Waals surface area (Å²) in [5.74, 6) is -0.924. The van der Waals surface area contributed by atoms with Crippen molar-refractivity contribution in [2.75, 3.05) is 13.7 Å². The minimum Gasteiger partial charge on any atom is -0.467 e. The van der Waals surface area contributed by atoms with Crippen molar-refractivity contribution in [3.63, 3.8) is 0 Å². The molecule has 0 radical (unpaired) electrons. The molecule has 1 aliphatic heterocycles. The van der Waals surface area contributed by atoms with E-state index in [0.717, 1.165) is 6.07 Å². The molecule has 21 heavy (non-hydrogen) atoms. The van der Waals surface area contributed by atoms with Crippen LogP contribution in [0.2, 0.25) is 5.02 Å². The molecule has 0 N–H and O–H groups in total. The quantitative estimate of drug-likeness (QED) is 0.484. The highest BCUT2D eigenvalue weighted by Crippen LogP contribution is 2.27. The predicted octanol–water partition coefficient (Wildman–Crippen LogP) is 2.03. The molecule has 0 saturated carbocycles. The first-order chi connectivity index (χ1) is 9.95. The van der Waals surface area contributed by atoms with E-state index in [9.17, 15) is 19.7 Å². The number of carbonyl (C=O) groups excluding carboxylic acids is 2.